The zero-order valence-electron chi connectivity index (χ0n) is 11.4. The number of hydrogen-bond acceptors (Lipinski definition) is 3. The van der Waals surface area contributed by atoms with Crippen LogP contribution in [0.3, 0.4) is 0 Å². The van der Waals surface area contributed by atoms with Gasteiger partial charge in [-0.15, -0.1) is 0 Å². The third-order valence-electron chi connectivity index (χ3n) is 3.14. The fourth-order valence-corrected chi connectivity index (χ4v) is 2.87. The molecule has 1 heterocycles. The molecule has 1 aromatic heterocycles. The summed E-state index contributed by atoms with van der Waals surface area (Å²) < 4.78 is 15.1. The second-order valence-corrected chi connectivity index (χ2v) is 5.71. The average molecular weight is 402 g/mol. The van der Waals surface area contributed by atoms with Crippen molar-refractivity contribution < 1.29 is 14.3 Å². The highest BCUT2D eigenvalue weighted by Gasteiger charge is 2.16. The third-order valence-corrected chi connectivity index (χ3v) is 4.01. The summed E-state index contributed by atoms with van der Waals surface area (Å²) in [6.07, 6.45) is -0.220. The van der Waals surface area contributed by atoms with Crippen molar-refractivity contribution in [1.29, 1.82) is 0 Å². The molecule has 0 unspecified atom stereocenters. The highest BCUT2D eigenvalue weighted by molar-refractivity contribution is 14.1. The van der Waals surface area contributed by atoms with Crippen LogP contribution in [0, 0.1) is 23.2 Å². The molecule has 1 aromatic carbocycles. The molecule has 0 spiro atoms. The minimum Gasteiger partial charge on any atom is -0.481 e. The van der Waals surface area contributed by atoms with Crippen LogP contribution in [-0.2, 0) is 11.2 Å². The van der Waals surface area contributed by atoms with Crippen molar-refractivity contribution in [2.24, 2.45) is 0 Å². The van der Waals surface area contributed by atoms with Gasteiger partial charge in [-0.3, -0.25) is 9.36 Å². The van der Waals surface area contributed by atoms with E-state index in [9.17, 15) is 14.0 Å². The Hall–Kier alpha value is -1.77. The van der Waals surface area contributed by atoms with Gasteiger partial charge in [0.25, 0.3) is 0 Å². The maximum absolute atomic E-state index is 13.2. The monoisotopic (exact) mass is 402 g/mol. The van der Waals surface area contributed by atoms with E-state index in [1.807, 2.05) is 22.6 Å². The van der Waals surface area contributed by atoms with Crippen LogP contribution in [0.5, 0.6) is 0 Å². The molecule has 1 N–H and O–H groups in total. The van der Waals surface area contributed by atoms with Gasteiger partial charge in [-0.1, -0.05) is 0 Å². The van der Waals surface area contributed by atoms with Crippen LogP contribution in [0.2, 0.25) is 0 Å². The van der Waals surface area contributed by atoms with E-state index in [1.165, 1.54) is 22.8 Å². The van der Waals surface area contributed by atoms with Crippen molar-refractivity contribution in [3.8, 4) is 5.69 Å². The lowest BCUT2D eigenvalue weighted by molar-refractivity contribution is -0.136. The normalized spacial score (nSPS) is 10.7. The smallest absolute Gasteiger partial charge is 0.352 e. The number of rotatable bonds is 3. The molecule has 0 aliphatic rings. The minimum absolute atomic E-state index is 0.220. The lowest BCUT2D eigenvalue weighted by atomic mass is 10.1. The van der Waals surface area contributed by atoms with Gasteiger partial charge in [0.15, 0.2) is 0 Å². The molecule has 0 amide bonds. The van der Waals surface area contributed by atoms with E-state index in [-0.39, 0.29) is 6.42 Å². The molecular formula is C14H12FIN2O3. The van der Waals surface area contributed by atoms with Gasteiger partial charge in [-0.05, 0) is 54.6 Å². The Morgan fingerprint density at radius 2 is 2.10 bits per heavy atom. The van der Waals surface area contributed by atoms with E-state index < -0.39 is 17.5 Å². The zero-order chi connectivity index (χ0) is 15.7. The van der Waals surface area contributed by atoms with Gasteiger partial charge < -0.3 is 5.11 Å². The topological polar surface area (TPSA) is 72.2 Å². The molecule has 0 saturated heterocycles. The Bertz CT molecular complexity index is 787. The van der Waals surface area contributed by atoms with Crippen molar-refractivity contribution in [2.45, 2.75) is 20.3 Å². The number of nitrogens with zero attached hydrogens (tertiary/aromatic N) is 2. The van der Waals surface area contributed by atoms with Crippen LogP contribution in [0.15, 0.2) is 23.0 Å². The molecule has 21 heavy (non-hydrogen) atoms. The Labute approximate surface area is 133 Å². The molecule has 110 valence electrons. The number of aromatic nitrogens is 2. The summed E-state index contributed by atoms with van der Waals surface area (Å²) in [4.78, 5) is 27.0. The van der Waals surface area contributed by atoms with E-state index in [4.69, 9.17) is 5.11 Å². The Kier molecular flexibility index (Phi) is 4.40. The summed E-state index contributed by atoms with van der Waals surface area (Å²) in [7, 11) is 0. The van der Waals surface area contributed by atoms with Gasteiger partial charge in [0, 0.05) is 20.5 Å². The molecule has 0 radical (unpaired) electrons. The first kappa shape index (κ1) is 15.6. The van der Waals surface area contributed by atoms with E-state index in [0.717, 1.165) is 0 Å². The number of halogens is 2. The Morgan fingerprint density at radius 1 is 1.43 bits per heavy atom. The summed E-state index contributed by atoms with van der Waals surface area (Å²) in [6, 6.07) is 4.03. The standard InChI is InChI=1S/C14H12FIN2O3/c1-7-10(6-13(19)20)8(2)18(14(21)17-7)12-4-3-9(15)5-11(12)16/h3-5H,6H2,1-2H3,(H,19,20). The largest absolute Gasteiger partial charge is 0.481 e. The molecule has 2 rings (SSSR count). The Morgan fingerprint density at radius 3 is 2.67 bits per heavy atom. The Balaban J connectivity index is 2.74. The third kappa shape index (κ3) is 3.12. The summed E-state index contributed by atoms with van der Waals surface area (Å²) in [6.45, 7) is 3.26. The van der Waals surface area contributed by atoms with Crippen LogP contribution in [0.1, 0.15) is 17.0 Å². The molecular weight excluding hydrogens is 390 g/mol. The van der Waals surface area contributed by atoms with Crippen molar-refractivity contribution in [3.63, 3.8) is 0 Å². The minimum atomic E-state index is -0.998. The molecule has 0 aliphatic carbocycles. The summed E-state index contributed by atoms with van der Waals surface area (Å²) in [5.74, 6) is -1.40. The van der Waals surface area contributed by atoms with Gasteiger partial charge in [-0.25, -0.2) is 9.18 Å². The van der Waals surface area contributed by atoms with Gasteiger partial charge in [0.05, 0.1) is 12.1 Å². The highest BCUT2D eigenvalue weighted by Crippen LogP contribution is 2.20. The van der Waals surface area contributed by atoms with Crippen LogP contribution in [-0.4, -0.2) is 20.6 Å². The molecule has 0 bridgehead atoms. The number of carboxylic acid groups (broad SMARTS) is 1. The number of carboxylic acids is 1. The maximum Gasteiger partial charge on any atom is 0.352 e. The van der Waals surface area contributed by atoms with Crippen LogP contribution in [0.4, 0.5) is 4.39 Å². The fourth-order valence-electron chi connectivity index (χ4n) is 2.15. The lowest BCUT2D eigenvalue weighted by Gasteiger charge is -2.15. The lowest BCUT2D eigenvalue weighted by Crippen LogP contribution is -2.27. The predicted molar refractivity (Wildman–Crippen MR) is 83.3 cm³/mol. The molecule has 7 heteroatoms. The van der Waals surface area contributed by atoms with E-state index >= 15 is 0 Å². The van der Waals surface area contributed by atoms with Crippen molar-refractivity contribution in [1.82, 2.24) is 9.55 Å². The SMILES string of the molecule is Cc1nc(=O)n(-c2ccc(F)cc2I)c(C)c1CC(=O)O. The summed E-state index contributed by atoms with van der Waals surface area (Å²) >= 11 is 1.92. The van der Waals surface area contributed by atoms with E-state index in [2.05, 4.69) is 4.98 Å². The van der Waals surface area contributed by atoms with Crippen molar-refractivity contribution in [3.05, 3.63) is 55.0 Å². The van der Waals surface area contributed by atoms with E-state index in [0.29, 0.717) is 26.2 Å². The van der Waals surface area contributed by atoms with Crippen LogP contribution >= 0.6 is 22.6 Å². The zero-order valence-corrected chi connectivity index (χ0v) is 13.5. The summed E-state index contributed by atoms with van der Waals surface area (Å²) in [5, 5.41) is 8.97. The van der Waals surface area contributed by atoms with Crippen LogP contribution < -0.4 is 5.69 Å². The van der Waals surface area contributed by atoms with Crippen molar-refractivity contribution >= 4 is 28.6 Å². The van der Waals surface area contributed by atoms with Gasteiger partial charge in [0.2, 0.25) is 0 Å². The number of aliphatic carboxylic acids is 1. The first-order valence-corrected chi connectivity index (χ1v) is 7.15. The van der Waals surface area contributed by atoms with Gasteiger partial charge in [-0.2, -0.15) is 4.98 Å². The quantitative estimate of drug-likeness (QED) is 0.800. The highest BCUT2D eigenvalue weighted by atomic mass is 127. The molecule has 5 nitrogen and oxygen atoms in total. The van der Waals surface area contributed by atoms with Gasteiger partial charge in [0.1, 0.15) is 5.82 Å². The molecule has 2 aromatic rings. The first-order chi connectivity index (χ1) is 9.81. The van der Waals surface area contributed by atoms with Gasteiger partial charge >= 0.3 is 11.7 Å². The second kappa shape index (κ2) is 5.92. The molecule has 0 aliphatic heterocycles. The number of aryl methyl sites for hydroxylation is 1. The second-order valence-electron chi connectivity index (χ2n) is 4.55. The molecule has 0 atom stereocenters. The van der Waals surface area contributed by atoms with Crippen molar-refractivity contribution in [2.75, 3.05) is 0 Å². The average Bonchev–Trinajstić information content (AvgIpc) is 2.36. The maximum atomic E-state index is 13.2. The fraction of sp³-hybridized carbons (Fsp3) is 0.214. The molecule has 0 fully saturated rings. The first-order valence-electron chi connectivity index (χ1n) is 6.07. The number of hydrogen-bond donors (Lipinski definition) is 1. The summed E-state index contributed by atoms with van der Waals surface area (Å²) in [5.41, 5.74) is 1.36. The predicted octanol–water partition coefficient (Wildman–Crippen LogP) is 2.22. The number of benzene rings is 1. The molecule has 0 saturated carbocycles. The van der Waals surface area contributed by atoms with E-state index in [1.54, 1.807) is 13.8 Å². The number of carbonyl (C=O) groups is 1. The van der Waals surface area contributed by atoms with Crippen LogP contribution in [0.25, 0.3) is 5.69 Å².